The molecular formula is C19H16N2O3. The zero-order valence-corrected chi connectivity index (χ0v) is 13.1. The molecule has 5 heteroatoms. The summed E-state index contributed by atoms with van der Waals surface area (Å²) in [6, 6.07) is 15.9. The predicted molar refractivity (Wildman–Crippen MR) is 89.2 cm³/mol. The molecule has 0 bridgehead atoms. The van der Waals surface area contributed by atoms with E-state index in [-0.39, 0.29) is 12.7 Å². The van der Waals surface area contributed by atoms with Crippen LogP contribution in [0.25, 0.3) is 10.9 Å². The van der Waals surface area contributed by atoms with Crippen LogP contribution in [0.4, 0.5) is 0 Å². The molecule has 0 saturated carbocycles. The Morgan fingerprint density at radius 2 is 1.83 bits per heavy atom. The van der Waals surface area contributed by atoms with Gasteiger partial charge in [0.1, 0.15) is 0 Å². The molecule has 3 heterocycles. The van der Waals surface area contributed by atoms with Gasteiger partial charge in [-0.1, -0.05) is 18.2 Å². The first kappa shape index (κ1) is 13.5. The van der Waals surface area contributed by atoms with Crippen molar-refractivity contribution in [3.63, 3.8) is 0 Å². The third-order valence-corrected chi connectivity index (χ3v) is 4.75. The van der Waals surface area contributed by atoms with E-state index in [1.807, 2.05) is 11.0 Å². The van der Waals surface area contributed by atoms with Crippen molar-refractivity contribution in [2.24, 2.45) is 0 Å². The minimum atomic E-state index is 0.0322. The monoisotopic (exact) mass is 320 g/mol. The van der Waals surface area contributed by atoms with Crippen molar-refractivity contribution in [1.29, 1.82) is 0 Å². The van der Waals surface area contributed by atoms with Crippen LogP contribution in [0.3, 0.4) is 0 Å². The summed E-state index contributed by atoms with van der Waals surface area (Å²) >= 11 is 0. The van der Waals surface area contributed by atoms with Gasteiger partial charge in [0.15, 0.2) is 11.5 Å². The Labute approximate surface area is 139 Å². The maximum absolute atomic E-state index is 12.8. The van der Waals surface area contributed by atoms with Gasteiger partial charge < -0.3 is 18.9 Å². The Morgan fingerprint density at radius 1 is 0.958 bits per heavy atom. The number of nitrogens with zero attached hydrogens (tertiary/aromatic N) is 2. The van der Waals surface area contributed by atoms with E-state index in [0.717, 1.165) is 6.54 Å². The van der Waals surface area contributed by atoms with Gasteiger partial charge in [0.2, 0.25) is 6.79 Å². The van der Waals surface area contributed by atoms with Crippen molar-refractivity contribution >= 4 is 16.8 Å². The lowest BCUT2D eigenvalue weighted by Crippen LogP contribution is -2.38. The van der Waals surface area contributed by atoms with Crippen LogP contribution in [0.1, 0.15) is 16.1 Å². The lowest BCUT2D eigenvalue weighted by atomic mass is 10.1. The van der Waals surface area contributed by atoms with E-state index in [4.69, 9.17) is 9.47 Å². The van der Waals surface area contributed by atoms with Crippen LogP contribution in [0.2, 0.25) is 0 Å². The first-order chi connectivity index (χ1) is 11.8. The molecule has 24 heavy (non-hydrogen) atoms. The van der Waals surface area contributed by atoms with Crippen LogP contribution in [-0.4, -0.2) is 28.7 Å². The first-order valence-corrected chi connectivity index (χ1v) is 8.06. The van der Waals surface area contributed by atoms with Crippen molar-refractivity contribution in [3.05, 3.63) is 59.8 Å². The van der Waals surface area contributed by atoms with E-state index >= 15 is 0 Å². The number of hydrogen-bond acceptors (Lipinski definition) is 3. The largest absolute Gasteiger partial charge is 0.454 e. The van der Waals surface area contributed by atoms with E-state index in [9.17, 15) is 4.79 Å². The molecule has 5 nitrogen and oxygen atoms in total. The fourth-order valence-electron chi connectivity index (χ4n) is 3.54. The normalized spacial score (nSPS) is 15.6. The smallest absolute Gasteiger partial charge is 0.254 e. The van der Waals surface area contributed by atoms with Gasteiger partial charge in [0, 0.05) is 29.9 Å². The van der Waals surface area contributed by atoms with Gasteiger partial charge in [-0.25, -0.2) is 0 Å². The standard InChI is InChI=1S/C19H16N2O3/c22-19(14-5-6-17-18(10-14)24-12-23-17)20-7-8-21-15(11-20)9-13-3-1-2-4-16(13)21/h1-6,9-10H,7-8,11-12H2. The number of aromatic nitrogens is 1. The topological polar surface area (TPSA) is 43.7 Å². The SMILES string of the molecule is O=C(c1ccc2c(c1)OCO2)N1CCn2c(cc3ccccc32)C1. The Morgan fingerprint density at radius 3 is 2.79 bits per heavy atom. The highest BCUT2D eigenvalue weighted by atomic mass is 16.7. The second-order valence-electron chi connectivity index (χ2n) is 6.14. The molecular weight excluding hydrogens is 304 g/mol. The van der Waals surface area contributed by atoms with Crippen LogP contribution in [0, 0.1) is 0 Å². The van der Waals surface area contributed by atoms with Gasteiger partial charge >= 0.3 is 0 Å². The predicted octanol–water partition coefficient (Wildman–Crippen LogP) is 3.03. The molecule has 0 fully saturated rings. The molecule has 0 unspecified atom stereocenters. The average molecular weight is 320 g/mol. The first-order valence-electron chi connectivity index (χ1n) is 8.06. The molecule has 3 aromatic rings. The van der Waals surface area contributed by atoms with Crippen molar-refractivity contribution < 1.29 is 14.3 Å². The second kappa shape index (κ2) is 5.03. The van der Waals surface area contributed by atoms with Gasteiger partial charge in [-0.05, 0) is 35.7 Å². The van der Waals surface area contributed by atoms with Crippen LogP contribution >= 0.6 is 0 Å². The number of carbonyl (C=O) groups excluding carboxylic acids is 1. The molecule has 0 saturated heterocycles. The molecule has 0 spiro atoms. The third-order valence-electron chi connectivity index (χ3n) is 4.75. The number of ether oxygens (including phenoxy) is 2. The summed E-state index contributed by atoms with van der Waals surface area (Å²) in [4.78, 5) is 14.7. The molecule has 0 N–H and O–H groups in total. The van der Waals surface area contributed by atoms with E-state index in [0.29, 0.717) is 30.2 Å². The zero-order chi connectivity index (χ0) is 16.1. The molecule has 0 radical (unpaired) electrons. The molecule has 2 aliphatic heterocycles. The summed E-state index contributed by atoms with van der Waals surface area (Å²) in [5, 5.41) is 1.23. The number of amides is 1. The van der Waals surface area contributed by atoms with E-state index in [1.165, 1.54) is 16.6 Å². The third kappa shape index (κ3) is 1.98. The fraction of sp³-hybridized carbons (Fsp3) is 0.211. The number of rotatable bonds is 1. The molecule has 1 amide bonds. The molecule has 0 aliphatic carbocycles. The molecule has 2 aromatic carbocycles. The van der Waals surface area contributed by atoms with Crippen LogP contribution in [0.5, 0.6) is 11.5 Å². The maximum Gasteiger partial charge on any atom is 0.254 e. The summed E-state index contributed by atoms with van der Waals surface area (Å²) in [5.74, 6) is 1.38. The molecule has 1 aromatic heterocycles. The molecule has 120 valence electrons. The lowest BCUT2D eigenvalue weighted by Gasteiger charge is -2.29. The summed E-state index contributed by atoms with van der Waals surface area (Å²) in [5.41, 5.74) is 3.06. The van der Waals surface area contributed by atoms with Gasteiger partial charge in [-0.15, -0.1) is 0 Å². The molecule has 0 atom stereocenters. The number of benzene rings is 2. The minimum Gasteiger partial charge on any atom is -0.454 e. The Balaban J connectivity index is 1.45. The van der Waals surface area contributed by atoms with Gasteiger partial charge in [0.05, 0.1) is 6.54 Å². The quantitative estimate of drug-likeness (QED) is 0.692. The second-order valence-corrected chi connectivity index (χ2v) is 6.14. The van der Waals surface area contributed by atoms with Crippen molar-refractivity contribution in [3.8, 4) is 11.5 Å². The van der Waals surface area contributed by atoms with Crippen molar-refractivity contribution in [2.75, 3.05) is 13.3 Å². The minimum absolute atomic E-state index is 0.0322. The summed E-state index contributed by atoms with van der Waals surface area (Å²) in [6.45, 7) is 2.37. The van der Waals surface area contributed by atoms with E-state index in [2.05, 4.69) is 28.8 Å². The maximum atomic E-state index is 12.8. The summed E-state index contributed by atoms with van der Waals surface area (Å²) < 4.78 is 13.0. The highest BCUT2D eigenvalue weighted by molar-refractivity contribution is 5.95. The van der Waals surface area contributed by atoms with Crippen LogP contribution in [0.15, 0.2) is 48.5 Å². The van der Waals surface area contributed by atoms with Crippen LogP contribution in [-0.2, 0) is 13.1 Å². The summed E-state index contributed by atoms with van der Waals surface area (Å²) in [7, 11) is 0. The number of fused-ring (bicyclic) bond motifs is 4. The Bertz CT molecular complexity index is 960. The molecule has 2 aliphatic rings. The highest BCUT2D eigenvalue weighted by Gasteiger charge is 2.24. The molecule has 5 rings (SSSR count). The van der Waals surface area contributed by atoms with Gasteiger partial charge in [-0.3, -0.25) is 4.79 Å². The highest BCUT2D eigenvalue weighted by Crippen LogP contribution is 2.33. The van der Waals surface area contributed by atoms with Crippen molar-refractivity contribution in [1.82, 2.24) is 9.47 Å². The number of hydrogen-bond donors (Lipinski definition) is 0. The van der Waals surface area contributed by atoms with Gasteiger partial charge in [-0.2, -0.15) is 0 Å². The van der Waals surface area contributed by atoms with E-state index < -0.39 is 0 Å². The fourth-order valence-corrected chi connectivity index (χ4v) is 3.54. The zero-order valence-electron chi connectivity index (χ0n) is 13.1. The van der Waals surface area contributed by atoms with Crippen molar-refractivity contribution in [2.45, 2.75) is 13.1 Å². The number of carbonyl (C=O) groups is 1. The van der Waals surface area contributed by atoms with Crippen LogP contribution < -0.4 is 9.47 Å². The van der Waals surface area contributed by atoms with E-state index in [1.54, 1.807) is 18.2 Å². The lowest BCUT2D eigenvalue weighted by molar-refractivity contribution is 0.0712. The number of para-hydroxylation sites is 1. The summed E-state index contributed by atoms with van der Waals surface area (Å²) in [6.07, 6.45) is 0. The average Bonchev–Trinajstić information content (AvgIpc) is 3.23. The Kier molecular flexibility index (Phi) is 2.82. The van der Waals surface area contributed by atoms with Gasteiger partial charge in [0.25, 0.3) is 5.91 Å². The Hall–Kier alpha value is -2.95.